The fourth-order valence-corrected chi connectivity index (χ4v) is 6.71. The average Bonchev–Trinajstić information content (AvgIpc) is 3.14. The zero-order valence-corrected chi connectivity index (χ0v) is 22.0. The molecule has 198 valence electrons. The first-order chi connectivity index (χ1) is 17.2. The number of alkyl carbamates (subject to hydrolysis) is 1. The lowest BCUT2D eigenvalue weighted by Crippen LogP contribution is -2.53. The van der Waals surface area contributed by atoms with E-state index in [0.29, 0.717) is 44.8 Å². The predicted octanol–water partition coefficient (Wildman–Crippen LogP) is 2.96. The Kier molecular flexibility index (Phi) is 8.37. The number of benzene rings is 1. The molecule has 1 amide bonds. The van der Waals surface area contributed by atoms with E-state index in [9.17, 15) is 18.3 Å². The number of methoxy groups -OCH3 is 1. The van der Waals surface area contributed by atoms with Gasteiger partial charge in [-0.3, -0.25) is 4.99 Å². The maximum Gasteiger partial charge on any atom is 0.406 e. The van der Waals surface area contributed by atoms with Crippen molar-refractivity contribution in [3.8, 4) is 0 Å². The van der Waals surface area contributed by atoms with E-state index >= 15 is 0 Å². The Labute approximate surface area is 214 Å². The summed E-state index contributed by atoms with van der Waals surface area (Å²) in [6.07, 6.45) is 8.01. The number of nitrogens with zero attached hydrogens (tertiary/aromatic N) is 3. The molecular formula is C26H38N4O5S. The number of aliphatic imine (C=N–C) groups is 1. The first-order valence-electron chi connectivity index (χ1n) is 12.8. The average molecular weight is 519 g/mol. The van der Waals surface area contributed by atoms with Crippen molar-refractivity contribution in [1.29, 1.82) is 0 Å². The molecule has 10 heteroatoms. The van der Waals surface area contributed by atoms with Gasteiger partial charge in [0.15, 0.2) is 6.23 Å². The first kappa shape index (κ1) is 26.6. The number of sulfonamides is 1. The van der Waals surface area contributed by atoms with Gasteiger partial charge in [0.05, 0.1) is 7.11 Å². The maximum absolute atomic E-state index is 13.0. The number of rotatable bonds is 7. The van der Waals surface area contributed by atoms with E-state index in [2.05, 4.69) is 10.1 Å². The van der Waals surface area contributed by atoms with Crippen LogP contribution in [0.2, 0.25) is 0 Å². The van der Waals surface area contributed by atoms with Gasteiger partial charge in [0.25, 0.3) is 0 Å². The molecule has 1 atom stereocenters. The minimum Gasteiger partial charge on any atom is -0.453 e. The van der Waals surface area contributed by atoms with Crippen molar-refractivity contribution in [3.63, 3.8) is 0 Å². The van der Waals surface area contributed by atoms with Gasteiger partial charge in [-0.05, 0) is 49.3 Å². The molecule has 1 spiro atoms. The molecular weight excluding hydrogens is 480 g/mol. The van der Waals surface area contributed by atoms with Crippen molar-refractivity contribution in [2.45, 2.75) is 63.1 Å². The molecule has 1 unspecified atom stereocenters. The minimum absolute atomic E-state index is 0.338. The highest BCUT2D eigenvalue weighted by Crippen LogP contribution is 2.40. The standard InChI is InChI=1S/C26H38N4O5S/c1-29-23(22-6-4-3-5-7-22)28-26(24(29)31)14-17-30(18-15-26)36(33,34)19-13-21-10-8-20(9-11-21)12-16-27-25(32)35-2/h8-11,13,19,22,24,31H,3-7,12,14-18H2,1-2H3,(H,27,32). The van der Waals surface area contributed by atoms with Crippen LogP contribution >= 0.6 is 0 Å². The number of hydrogen-bond acceptors (Lipinski definition) is 7. The Morgan fingerprint density at radius 2 is 1.86 bits per heavy atom. The van der Waals surface area contributed by atoms with Gasteiger partial charge in [0, 0.05) is 38.0 Å². The number of amidine groups is 1. The van der Waals surface area contributed by atoms with Crippen molar-refractivity contribution in [1.82, 2.24) is 14.5 Å². The molecule has 1 aromatic rings. The summed E-state index contributed by atoms with van der Waals surface area (Å²) in [5, 5.41) is 14.9. The lowest BCUT2D eigenvalue weighted by Gasteiger charge is -2.39. The van der Waals surface area contributed by atoms with Gasteiger partial charge >= 0.3 is 6.09 Å². The molecule has 2 N–H and O–H groups in total. The summed E-state index contributed by atoms with van der Waals surface area (Å²) in [5.41, 5.74) is 1.20. The number of carbonyl (C=O) groups excluding carboxylic acids is 1. The first-order valence-corrected chi connectivity index (χ1v) is 14.3. The highest BCUT2D eigenvalue weighted by atomic mass is 32.2. The summed E-state index contributed by atoms with van der Waals surface area (Å²) < 4.78 is 32.0. The van der Waals surface area contributed by atoms with Gasteiger partial charge in [-0.15, -0.1) is 0 Å². The second-order valence-electron chi connectivity index (χ2n) is 10.0. The number of likely N-dealkylation sites (N-methyl/N-ethyl adjacent to an activating group) is 1. The van der Waals surface area contributed by atoms with Crippen LogP contribution in [0.5, 0.6) is 0 Å². The SMILES string of the molecule is COC(=O)NCCc1ccc(C=CS(=O)(=O)N2CCC3(CC2)N=C(C2CCCCC2)N(C)C3O)cc1. The molecule has 1 aliphatic carbocycles. The number of aliphatic hydroxyl groups excluding tert-OH is 1. The Bertz CT molecular complexity index is 1070. The topological polar surface area (TPSA) is 112 Å². The fourth-order valence-electron chi connectivity index (χ4n) is 5.52. The number of hydrogen-bond donors (Lipinski definition) is 2. The van der Waals surface area contributed by atoms with Crippen molar-refractivity contribution < 1.29 is 23.1 Å². The molecule has 2 heterocycles. The molecule has 9 nitrogen and oxygen atoms in total. The number of nitrogens with one attached hydrogen (secondary N) is 1. The second-order valence-corrected chi connectivity index (χ2v) is 11.9. The van der Waals surface area contributed by atoms with Crippen molar-refractivity contribution in [2.75, 3.05) is 33.8 Å². The van der Waals surface area contributed by atoms with Crippen LogP contribution in [0.25, 0.3) is 6.08 Å². The summed E-state index contributed by atoms with van der Waals surface area (Å²) in [6.45, 7) is 1.14. The molecule has 0 aromatic heterocycles. The predicted molar refractivity (Wildman–Crippen MR) is 140 cm³/mol. The van der Waals surface area contributed by atoms with Gasteiger partial charge in [-0.25, -0.2) is 13.2 Å². The van der Waals surface area contributed by atoms with Gasteiger partial charge in [0.2, 0.25) is 10.0 Å². The number of aliphatic hydroxyl groups is 1. The van der Waals surface area contributed by atoms with Gasteiger partial charge in [-0.2, -0.15) is 4.31 Å². The van der Waals surface area contributed by atoms with Crippen LogP contribution in [0.15, 0.2) is 34.7 Å². The van der Waals surface area contributed by atoms with Crippen LogP contribution in [-0.2, 0) is 21.2 Å². The minimum atomic E-state index is -3.58. The van der Waals surface area contributed by atoms with E-state index in [1.807, 2.05) is 36.2 Å². The van der Waals surface area contributed by atoms with E-state index in [1.165, 1.54) is 36.1 Å². The number of piperidine rings is 1. The summed E-state index contributed by atoms with van der Waals surface area (Å²) in [4.78, 5) is 18.1. The van der Waals surface area contributed by atoms with E-state index in [4.69, 9.17) is 4.99 Å². The lowest BCUT2D eigenvalue weighted by molar-refractivity contribution is -0.00439. The van der Waals surface area contributed by atoms with E-state index in [0.717, 1.165) is 29.8 Å². The van der Waals surface area contributed by atoms with Gasteiger partial charge in [0.1, 0.15) is 11.4 Å². The molecule has 36 heavy (non-hydrogen) atoms. The molecule has 1 saturated heterocycles. The van der Waals surface area contributed by atoms with Gasteiger partial charge < -0.3 is 20.1 Å². The highest BCUT2D eigenvalue weighted by molar-refractivity contribution is 7.92. The van der Waals surface area contributed by atoms with Crippen LogP contribution in [0.4, 0.5) is 4.79 Å². The molecule has 0 radical (unpaired) electrons. The Hall–Kier alpha value is -2.43. The normalized spacial score (nSPS) is 23.2. The number of amides is 1. The molecule has 3 aliphatic rings. The summed E-state index contributed by atoms with van der Waals surface area (Å²) >= 11 is 0. The smallest absolute Gasteiger partial charge is 0.406 e. The Morgan fingerprint density at radius 1 is 1.19 bits per heavy atom. The van der Waals surface area contributed by atoms with E-state index in [-0.39, 0.29) is 0 Å². The monoisotopic (exact) mass is 518 g/mol. The number of ether oxygens (including phenoxy) is 1. The molecule has 0 bridgehead atoms. The largest absolute Gasteiger partial charge is 0.453 e. The third kappa shape index (κ3) is 5.92. The molecule has 1 aromatic carbocycles. The third-order valence-electron chi connectivity index (χ3n) is 7.75. The van der Waals surface area contributed by atoms with Gasteiger partial charge in [-0.1, -0.05) is 43.5 Å². The highest BCUT2D eigenvalue weighted by Gasteiger charge is 2.50. The molecule has 2 fully saturated rings. The van der Waals surface area contributed by atoms with Crippen molar-refractivity contribution in [2.24, 2.45) is 10.9 Å². The zero-order chi connectivity index (χ0) is 25.8. The summed E-state index contributed by atoms with van der Waals surface area (Å²) in [6, 6.07) is 7.54. The van der Waals surface area contributed by atoms with Crippen LogP contribution < -0.4 is 5.32 Å². The second kappa shape index (κ2) is 11.3. The van der Waals surface area contributed by atoms with E-state index in [1.54, 1.807) is 6.08 Å². The Morgan fingerprint density at radius 3 is 2.50 bits per heavy atom. The summed E-state index contributed by atoms with van der Waals surface area (Å²) in [5.74, 6) is 1.40. The van der Waals surface area contributed by atoms with Crippen molar-refractivity contribution >= 4 is 28.0 Å². The molecule has 1 saturated carbocycles. The molecule has 4 rings (SSSR count). The summed E-state index contributed by atoms with van der Waals surface area (Å²) in [7, 11) is -0.341. The van der Waals surface area contributed by atoms with E-state index < -0.39 is 27.9 Å². The maximum atomic E-state index is 13.0. The quantitative estimate of drug-likeness (QED) is 0.574. The Balaban J connectivity index is 1.34. The third-order valence-corrected chi connectivity index (χ3v) is 9.31. The number of carbonyl (C=O) groups is 1. The lowest BCUT2D eigenvalue weighted by atomic mass is 9.87. The van der Waals surface area contributed by atoms with Crippen LogP contribution in [0.3, 0.4) is 0 Å². The van der Waals surface area contributed by atoms with Crippen LogP contribution in [0.1, 0.15) is 56.1 Å². The molecule has 2 aliphatic heterocycles. The fraction of sp³-hybridized carbons (Fsp3) is 0.615. The van der Waals surface area contributed by atoms with Crippen molar-refractivity contribution in [3.05, 3.63) is 40.8 Å². The van der Waals surface area contributed by atoms with Crippen LogP contribution in [-0.4, -0.2) is 80.2 Å². The van der Waals surface area contributed by atoms with Crippen LogP contribution in [0, 0.1) is 5.92 Å². The zero-order valence-electron chi connectivity index (χ0n) is 21.2.